The first kappa shape index (κ1) is 14.1. The normalized spacial score (nSPS) is 12.0. The van der Waals surface area contributed by atoms with Crippen molar-refractivity contribution in [2.75, 3.05) is 0 Å². The molecule has 1 aromatic carbocycles. The van der Waals surface area contributed by atoms with Crippen LogP contribution in [0.4, 0.5) is 0 Å². The Labute approximate surface area is 131 Å². The topological polar surface area (TPSA) is 50.2 Å². The second-order valence-corrected chi connectivity index (χ2v) is 7.00. The van der Waals surface area contributed by atoms with Crippen molar-refractivity contribution in [3.05, 3.63) is 57.0 Å². The Hall–Kier alpha value is -1.88. The third-order valence-electron chi connectivity index (χ3n) is 3.42. The first-order valence-corrected chi connectivity index (χ1v) is 7.53. The predicted molar refractivity (Wildman–Crippen MR) is 87.6 cm³/mol. The number of aromatic nitrogens is 3. The van der Waals surface area contributed by atoms with Crippen LogP contribution in [-0.2, 0) is 5.41 Å². The zero-order valence-corrected chi connectivity index (χ0v) is 13.7. The summed E-state index contributed by atoms with van der Waals surface area (Å²) in [5.74, 6) is 0. The summed E-state index contributed by atoms with van der Waals surface area (Å²) in [6.07, 6.45) is 1.82. The van der Waals surface area contributed by atoms with Crippen LogP contribution < -0.4 is 5.56 Å². The molecular formula is C16H16BrN3O. The maximum Gasteiger partial charge on any atom is 0.272 e. The largest absolute Gasteiger partial charge is 0.296 e. The van der Waals surface area contributed by atoms with E-state index < -0.39 is 0 Å². The van der Waals surface area contributed by atoms with E-state index in [0.717, 1.165) is 21.3 Å². The molecule has 2 aromatic heterocycles. The summed E-state index contributed by atoms with van der Waals surface area (Å²) in [7, 11) is 0. The van der Waals surface area contributed by atoms with Crippen molar-refractivity contribution in [1.29, 1.82) is 0 Å². The molecule has 108 valence electrons. The van der Waals surface area contributed by atoms with Crippen molar-refractivity contribution in [2.24, 2.45) is 0 Å². The number of hydrogen-bond acceptors (Lipinski definition) is 2. The molecule has 0 saturated carbocycles. The van der Waals surface area contributed by atoms with E-state index in [1.165, 1.54) is 4.52 Å². The number of nitrogens with zero attached hydrogens (tertiary/aromatic N) is 2. The number of H-pyrrole nitrogens is 1. The lowest BCUT2D eigenvalue weighted by atomic mass is 9.92. The van der Waals surface area contributed by atoms with Crippen molar-refractivity contribution >= 4 is 21.6 Å². The van der Waals surface area contributed by atoms with E-state index in [9.17, 15) is 4.79 Å². The second kappa shape index (κ2) is 4.84. The SMILES string of the molecule is CC(C)(C)c1cc(=O)n2[nH]cc(-c3ccc(Br)cc3)c2n1. The highest BCUT2D eigenvalue weighted by molar-refractivity contribution is 9.10. The lowest BCUT2D eigenvalue weighted by molar-refractivity contribution is 0.566. The van der Waals surface area contributed by atoms with Gasteiger partial charge in [-0.25, -0.2) is 9.50 Å². The summed E-state index contributed by atoms with van der Waals surface area (Å²) in [6.45, 7) is 6.16. The first-order chi connectivity index (χ1) is 9.86. The van der Waals surface area contributed by atoms with Crippen molar-refractivity contribution in [3.8, 4) is 11.1 Å². The number of halogens is 1. The van der Waals surface area contributed by atoms with Gasteiger partial charge in [-0.15, -0.1) is 0 Å². The van der Waals surface area contributed by atoms with Crippen molar-refractivity contribution in [1.82, 2.24) is 14.6 Å². The Kier molecular flexibility index (Phi) is 3.24. The molecule has 21 heavy (non-hydrogen) atoms. The highest BCUT2D eigenvalue weighted by Crippen LogP contribution is 2.26. The lowest BCUT2D eigenvalue weighted by Gasteiger charge is -2.17. The number of nitrogens with one attached hydrogen (secondary N) is 1. The van der Waals surface area contributed by atoms with Gasteiger partial charge < -0.3 is 0 Å². The van der Waals surface area contributed by atoms with E-state index in [2.05, 4.69) is 46.8 Å². The molecule has 0 saturated heterocycles. The van der Waals surface area contributed by atoms with Gasteiger partial charge in [-0.05, 0) is 17.7 Å². The van der Waals surface area contributed by atoms with E-state index in [1.54, 1.807) is 6.07 Å². The highest BCUT2D eigenvalue weighted by Gasteiger charge is 2.19. The molecule has 0 amide bonds. The Morgan fingerprint density at radius 1 is 1.19 bits per heavy atom. The molecule has 3 aromatic rings. The minimum Gasteiger partial charge on any atom is -0.296 e. The number of benzene rings is 1. The van der Waals surface area contributed by atoms with Crippen LogP contribution >= 0.6 is 15.9 Å². The van der Waals surface area contributed by atoms with Crippen LogP contribution in [0.5, 0.6) is 0 Å². The molecule has 3 rings (SSSR count). The summed E-state index contributed by atoms with van der Waals surface area (Å²) >= 11 is 3.43. The highest BCUT2D eigenvalue weighted by atomic mass is 79.9. The van der Waals surface area contributed by atoms with E-state index >= 15 is 0 Å². The molecule has 5 heteroatoms. The fourth-order valence-electron chi connectivity index (χ4n) is 2.21. The summed E-state index contributed by atoms with van der Waals surface area (Å²) in [5.41, 5.74) is 3.15. The minimum absolute atomic E-state index is 0.0895. The van der Waals surface area contributed by atoms with Gasteiger partial charge in [-0.2, -0.15) is 0 Å². The van der Waals surface area contributed by atoms with Crippen LogP contribution in [-0.4, -0.2) is 14.6 Å². The van der Waals surface area contributed by atoms with E-state index in [-0.39, 0.29) is 11.0 Å². The second-order valence-electron chi connectivity index (χ2n) is 6.08. The van der Waals surface area contributed by atoms with E-state index in [4.69, 9.17) is 0 Å². The molecule has 4 nitrogen and oxygen atoms in total. The van der Waals surface area contributed by atoms with E-state index in [0.29, 0.717) is 5.65 Å². The van der Waals surface area contributed by atoms with Gasteiger partial charge in [0.2, 0.25) is 0 Å². The van der Waals surface area contributed by atoms with Crippen LogP contribution in [0.1, 0.15) is 26.5 Å². The van der Waals surface area contributed by atoms with Gasteiger partial charge in [0.15, 0.2) is 5.65 Å². The monoisotopic (exact) mass is 345 g/mol. The predicted octanol–water partition coefficient (Wildman–Crippen LogP) is 3.75. The standard InChI is InChI=1S/C16H16BrN3O/c1-16(2,3)13-8-14(21)20-15(19-13)12(9-18-20)10-4-6-11(17)7-5-10/h4-9,18H,1-3H3. The number of hydrogen-bond donors (Lipinski definition) is 1. The Morgan fingerprint density at radius 3 is 2.48 bits per heavy atom. The molecule has 0 spiro atoms. The summed E-state index contributed by atoms with van der Waals surface area (Å²) in [6, 6.07) is 9.55. The zero-order chi connectivity index (χ0) is 15.2. The fourth-order valence-corrected chi connectivity index (χ4v) is 2.47. The van der Waals surface area contributed by atoms with Crippen molar-refractivity contribution in [3.63, 3.8) is 0 Å². The molecule has 0 unspecified atom stereocenters. The van der Waals surface area contributed by atoms with Gasteiger partial charge in [0.1, 0.15) is 0 Å². The number of fused-ring (bicyclic) bond motifs is 1. The molecular weight excluding hydrogens is 330 g/mol. The van der Waals surface area contributed by atoms with Gasteiger partial charge >= 0.3 is 0 Å². The average molecular weight is 346 g/mol. The molecule has 0 bridgehead atoms. The summed E-state index contributed by atoms with van der Waals surface area (Å²) in [4.78, 5) is 16.9. The molecule has 0 atom stereocenters. The molecule has 0 aliphatic heterocycles. The van der Waals surface area contributed by atoms with Gasteiger partial charge in [0.05, 0.1) is 5.69 Å². The molecule has 1 N–H and O–H groups in total. The average Bonchev–Trinajstić information content (AvgIpc) is 2.83. The lowest BCUT2D eigenvalue weighted by Crippen LogP contribution is -2.22. The van der Waals surface area contributed by atoms with Crippen LogP contribution in [0, 0.1) is 0 Å². The van der Waals surface area contributed by atoms with Crippen molar-refractivity contribution < 1.29 is 0 Å². The zero-order valence-electron chi connectivity index (χ0n) is 12.1. The number of rotatable bonds is 1. The minimum atomic E-state index is -0.165. The van der Waals surface area contributed by atoms with Crippen LogP contribution in [0.25, 0.3) is 16.8 Å². The Bertz CT molecular complexity index is 854. The first-order valence-electron chi connectivity index (χ1n) is 6.74. The molecule has 0 aliphatic carbocycles. The maximum absolute atomic E-state index is 12.2. The van der Waals surface area contributed by atoms with Gasteiger partial charge in [0.25, 0.3) is 5.56 Å². The molecule has 0 aliphatic rings. The van der Waals surface area contributed by atoms with Crippen LogP contribution in [0.2, 0.25) is 0 Å². The molecule has 0 fully saturated rings. The quantitative estimate of drug-likeness (QED) is 0.730. The van der Waals surface area contributed by atoms with Crippen LogP contribution in [0.3, 0.4) is 0 Å². The molecule has 2 heterocycles. The Morgan fingerprint density at radius 2 is 1.86 bits per heavy atom. The smallest absolute Gasteiger partial charge is 0.272 e. The fraction of sp³-hybridized carbons (Fsp3) is 0.250. The maximum atomic E-state index is 12.2. The molecule has 0 radical (unpaired) electrons. The third kappa shape index (κ3) is 2.53. The van der Waals surface area contributed by atoms with E-state index in [1.807, 2.05) is 30.5 Å². The Balaban J connectivity index is 2.28. The number of aromatic amines is 1. The van der Waals surface area contributed by atoms with Crippen LogP contribution in [0.15, 0.2) is 45.8 Å². The van der Waals surface area contributed by atoms with Gasteiger partial charge in [-0.1, -0.05) is 48.8 Å². The summed E-state index contributed by atoms with van der Waals surface area (Å²) < 4.78 is 2.50. The van der Waals surface area contributed by atoms with Gasteiger partial charge in [0, 0.05) is 27.7 Å². The van der Waals surface area contributed by atoms with Gasteiger partial charge in [-0.3, -0.25) is 9.89 Å². The summed E-state index contributed by atoms with van der Waals surface area (Å²) in [5, 5.41) is 2.98. The van der Waals surface area contributed by atoms with Crippen molar-refractivity contribution in [2.45, 2.75) is 26.2 Å². The third-order valence-corrected chi connectivity index (χ3v) is 3.95.